The van der Waals surface area contributed by atoms with E-state index in [1.807, 2.05) is 43.3 Å². The zero-order valence-corrected chi connectivity index (χ0v) is 10.3. The minimum absolute atomic E-state index is 0.479. The van der Waals surface area contributed by atoms with E-state index < -0.39 is 8.60 Å². The van der Waals surface area contributed by atoms with Crippen LogP contribution in [0.25, 0.3) is 11.1 Å². The highest BCUT2D eigenvalue weighted by atomic mass is 31.2. The molecule has 0 unspecified atom stereocenters. The van der Waals surface area contributed by atoms with E-state index in [1.54, 1.807) is 12.1 Å². The number of benzene rings is 2. The molecule has 0 aliphatic rings. The summed E-state index contributed by atoms with van der Waals surface area (Å²) < 4.78 is 5.01. The topological polar surface area (TPSA) is 49.7 Å². The summed E-state index contributed by atoms with van der Waals surface area (Å²) in [5.41, 5.74) is 3.02. The van der Waals surface area contributed by atoms with Crippen LogP contribution in [-0.2, 0) is 0 Å². The predicted molar refractivity (Wildman–Crippen MR) is 68.6 cm³/mol. The van der Waals surface area contributed by atoms with E-state index in [0.717, 1.165) is 11.1 Å². The second-order valence-electron chi connectivity index (χ2n) is 3.71. The molecule has 0 amide bonds. The van der Waals surface area contributed by atoms with E-state index in [4.69, 9.17) is 14.3 Å². The van der Waals surface area contributed by atoms with Crippen LogP contribution in [-0.4, -0.2) is 9.79 Å². The lowest BCUT2D eigenvalue weighted by Crippen LogP contribution is -1.88. The molecule has 88 valence electrons. The first-order valence-electron chi connectivity index (χ1n) is 5.19. The second-order valence-corrected chi connectivity index (χ2v) is 4.39. The molecule has 0 atom stereocenters. The van der Waals surface area contributed by atoms with Crippen LogP contribution in [0.15, 0.2) is 48.5 Å². The van der Waals surface area contributed by atoms with Gasteiger partial charge >= 0.3 is 8.60 Å². The van der Waals surface area contributed by atoms with Crippen molar-refractivity contribution >= 4 is 8.60 Å². The van der Waals surface area contributed by atoms with Crippen LogP contribution in [0.2, 0.25) is 0 Å². The zero-order chi connectivity index (χ0) is 12.3. The lowest BCUT2D eigenvalue weighted by molar-refractivity contribution is 0.375. The summed E-state index contributed by atoms with van der Waals surface area (Å²) >= 11 is 0. The van der Waals surface area contributed by atoms with Gasteiger partial charge in [-0.05, 0) is 18.6 Å². The van der Waals surface area contributed by atoms with Crippen molar-refractivity contribution in [1.29, 1.82) is 0 Å². The fourth-order valence-electron chi connectivity index (χ4n) is 1.61. The first kappa shape index (κ1) is 12.1. The Labute approximate surface area is 101 Å². The molecular formula is C13H13O3P. The van der Waals surface area contributed by atoms with Gasteiger partial charge in [0, 0.05) is 5.56 Å². The Morgan fingerprint density at radius 3 is 2.24 bits per heavy atom. The van der Waals surface area contributed by atoms with Gasteiger partial charge in [-0.15, -0.1) is 0 Å². The summed E-state index contributed by atoms with van der Waals surface area (Å²) in [6.07, 6.45) is 0. The Morgan fingerprint density at radius 1 is 0.941 bits per heavy atom. The molecule has 4 heteroatoms. The summed E-state index contributed by atoms with van der Waals surface area (Å²) in [5.74, 6) is 0.479. The molecule has 2 rings (SSSR count). The third kappa shape index (κ3) is 3.04. The molecule has 3 nitrogen and oxygen atoms in total. The smallest absolute Gasteiger partial charge is 0.391 e. The first-order chi connectivity index (χ1) is 8.16. The molecule has 0 saturated carbocycles. The van der Waals surface area contributed by atoms with E-state index in [9.17, 15) is 0 Å². The Bertz CT molecular complexity index is 494. The van der Waals surface area contributed by atoms with Crippen molar-refractivity contribution in [2.45, 2.75) is 6.92 Å². The van der Waals surface area contributed by atoms with Gasteiger partial charge < -0.3 is 14.3 Å². The van der Waals surface area contributed by atoms with E-state index in [1.165, 1.54) is 5.56 Å². The summed E-state index contributed by atoms with van der Waals surface area (Å²) in [7, 11) is -2.39. The highest BCUT2D eigenvalue weighted by Gasteiger charge is 2.09. The molecule has 0 heterocycles. The molecule has 2 aromatic rings. The Hall–Kier alpha value is -1.41. The van der Waals surface area contributed by atoms with Crippen LogP contribution in [0.5, 0.6) is 5.75 Å². The molecule has 0 fully saturated rings. The maximum Gasteiger partial charge on any atom is 0.391 e. The molecule has 0 spiro atoms. The summed E-state index contributed by atoms with van der Waals surface area (Å²) in [6, 6.07) is 15.3. The second kappa shape index (κ2) is 5.28. The Morgan fingerprint density at radius 2 is 1.59 bits per heavy atom. The quantitative estimate of drug-likeness (QED) is 0.820. The highest BCUT2D eigenvalue weighted by Crippen LogP contribution is 2.36. The Balaban J connectivity index is 2.40. The van der Waals surface area contributed by atoms with Crippen molar-refractivity contribution in [1.82, 2.24) is 0 Å². The maximum absolute atomic E-state index is 8.92. The van der Waals surface area contributed by atoms with Crippen molar-refractivity contribution in [2.24, 2.45) is 0 Å². The van der Waals surface area contributed by atoms with Crippen molar-refractivity contribution < 1.29 is 14.3 Å². The van der Waals surface area contributed by atoms with Crippen molar-refractivity contribution in [3.05, 3.63) is 54.1 Å². The van der Waals surface area contributed by atoms with Crippen LogP contribution in [0, 0.1) is 6.92 Å². The third-order valence-corrected chi connectivity index (χ3v) is 2.79. The van der Waals surface area contributed by atoms with Gasteiger partial charge in [0.1, 0.15) is 5.75 Å². The van der Waals surface area contributed by atoms with Gasteiger partial charge in [-0.2, -0.15) is 0 Å². The monoisotopic (exact) mass is 248 g/mol. The summed E-state index contributed by atoms with van der Waals surface area (Å²) in [6.45, 7) is 2.02. The van der Waals surface area contributed by atoms with Gasteiger partial charge in [-0.25, -0.2) is 0 Å². The summed E-state index contributed by atoms with van der Waals surface area (Å²) in [4.78, 5) is 17.8. The van der Waals surface area contributed by atoms with Crippen LogP contribution in [0.4, 0.5) is 0 Å². The number of aryl methyl sites for hydroxylation is 1. The Kier molecular flexibility index (Phi) is 3.75. The lowest BCUT2D eigenvalue weighted by Gasteiger charge is -2.11. The average Bonchev–Trinajstić information content (AvgIpc) is 2.30. The van der Waals surface area contributed by atoms with Gasteiger partial charge in [0.05, 0.1) is 0 Å². The molecule has 0 saturated heterocycles. The van der Waals surface area contributed by atoms with Gasteiger partial charge in [0.15, 0.2) is 0 Å². The van der Waals surface area contributed by atoms with Crippen LogP contribution in [0.3, 0.4) is 0 Å². The molecule has 0 radical (unpaired) electrons. The third-order valence-electron chi connectivity index (χ3n) is 2.43. The molecule has 0 aliphatic heterocycles. The van der Waals surface area contributed by atoms with E-state index >= 15 is 0 Å². The lowest BCUT2D eigenvalue weighted by atomic mass is 10.0. The predicted octanol–water partition coefficient (Wildman–Crippen LogP) is 3.25. The fraction of sp³-hybridized carbons (Fsp3) is 0.0769. The largest absolute Gasteiger partial charge is 0.426 e. The molecule has 0 bridgehead atoms. The van der Waals surface area contributed by atoms with Gasteiger partial charge in [0.2, 0.25) is 0 Å². The molecule has 0 aliphatic carbocycles. The van der Waals surface area contributed by atoms with Crippen molar-refractivity contribution in [3.63, 3.8) is 0 Å². The van der Waals surface area contributed by atoms with Crippen LogP contribution < -0.4 is 4.52 Å². The van der Waals surface area contributed by atoms with Crippen molar-refractivity contribution in [2.75, 3.05) is 0 Å². The zero-order valence-electron chi connectivity index (χ0n) is 9.37. The SMILES string of the molecule is Cc1ccc(-c2ccccc2OP(O)O)cc1. The number of para-hydroxylation sites is 1. The fourth-order valence-corrected chi connectivity index (χ4v) is 1.94. The molecule has 2 aromatic carbocycles. The average molecular weight is 248 g/mol. The first-order valence-corrected chi connectivity index (χ1v) is 6.35. The van der Waals surface area contributed by atoms with Gasteiger partial charge in [-0.1, -0.05) is 48.0 Å². The number of hydrogen-bond donors (Lipinski definition) is 2. The van der Waals surface area contributed by atoms with Gasteiger partial charge in [-0.3, -0.25) is 0 Å². The molecule has 17 heavy (non-hydrogen) atoms. The van der Waals surface area contributed by atoms with Crippen molar-refractivity contribution in [3.8, 4) is 16.9 Å². The van der Waals surface area contributed by atoms with Crippen LogP contribution >= 0.6 is 8.60 Å². The standard InChI is InChI=1S/C13H13O3P/c1-10-6-8-11(9-7-10)12-4-2-3-5-13(12)16-17(14)15/h2-9,14-15H,1H3. The van der Waals surface area contributed by atoms with E-state index in [0.29, 0.717) is 5.75 Å². The van der Waals surface area contributed by atoms with E-state index in [2.05, 4.69) is 0 Å². The minimum Gasteiger partial charge on any atom is -0.426 e. The van der Waals surface area contributed by atoms with E-state index in [-0.39, 0.29) is 0 Å². The molecule has 0 aromatic heterocycles. The van der Waals surface area contributed by atoms with Crippen LogP contribution in [0.1, 0.15) is 5.56 Å². The molecular weight excluding hydrogens is 235 g/mol. The summed E-state index contributed by atoms with van der Waals surface area (Å²) in [5, 5.41) is 0. The highest BCUT2D eigenvalue weighted by molar-refractivity contribution is 7.39. The molecule has 2 N–H and O–H groups in total. The number of rotatable bonds is 3. The number of hydrogen-bond acceptors (Lipinski definition) is 3. The normalized spacial score (nSPS) is 10.6. The minimum atomic E-state index is -2.39. The maximum atomic E-state index is 8.92. The van der Waals surface area contributed by atoms with Gasteiger partial charge in [0.25, 0.3) is 0 Å².